The maximum absolute atomic E-state index is 12.1. The fraction of sp³-hybridized carbons (Fsp3) is 0.0870. The highest BCUT2D eigenvalue weighted by molar-refractivity contribution is 9.10. The average molecular weight is 466 g/mol. The Labute approximate surface area is 183 Å². The average Bonchev–Trinajstić information content (AvgIpc) is 2.75. The molecule has 6 nitrogen and oxygen atoms in total. The van der Waals surface area contributed by atoms with Gasteiger partial charge in [0.2, 0.25) is 0 Å². The molecule has 0 saturated heterocycles. The van der Waals surface area contributed by atoms with Crippen molar-refractivity contribution < 1.29 is 14.3 Å². The van der Waals surface area contributed by atoms with E-state index in [-0.39, 0.29) is 0 Å². The summed E-state index contributed by atoms with van der Waals surface area (Å²) in [6.45, 7) is 2.24. The van der Waals surface area contributed by atoms with Crippen LogP contribution in [0.1, 0.15) is 16.7 Å². The molecule has 152 valence electrons. The molecule has 0 aromatic heterocycles. The van der Waals surface area contributed by atoms with Gasteiger partial charge < -0.3 is 10.1 Å². The zero-order chi connectivity index (χ0) is 21.3. The molecule has 0 unspecified atom stereocenters. The number of nitrogens with one attached hydrogen (secondary N) is 2. The summed E-state index contributed by atoms with van der Waals surface area (Å²) < 4.78 is 6.70. The van der Waals surface area contributed by atoms with Crippen molar-refractivity contribution in [2.75, 3.05) is 5.32 Å². The zero-order valence-electron chi connectivity index (χ0n) is 16.3. The third-order valence-electron chi connectivity index (χ3n) is 4.18. The second-order valence-electron chi connectivity index (χ2n) is 6.42. The molecule has 30 heavy (non-hydrogen) atoms. The first-order chi connectivity index (χ1) is 14.5. The minimum absolute atomic E-state index is 0.397. The van der Waals surface area contributed by atoms with Crippen molar-refractivity contribution in [1.82, 2.24) is 5.43 Å². The summed E-state index contributed by atoms with van der Waals surface area (Å²) in [6.07, 6.45) is 1.43. The highest BCUT2D eigenvalue weighted by atomic mass is 79.9. The van der Waals surface area contributed by atoms with Crippen LogP contribution in [-0.4, -0.2) is 18.0 Å². The number of ether oxygens (including phenoxy) is 1. The summed E-state index contributed by atoms with van der Waals surface area (Å²) in [7, 11) is 0. The second kappa shape index (κ2) is 10.4. The van der Waals surface area contributed by atoms with Gasteiger partial charge >= 0.3 is 11.8 Å². The maximum Gasteiger partial charge on any atom is 0.329 e. The van der Waals surface area contributed by atoms with E-state index in [1.807, 2.05) is 61.5 Å². The van der Waals surface area contributed by atoms with Crippen LogP contribution in [0, 0.1) is 6.92 Å². The Balaban J connectivity index is 1.62. The van der Waals surface area contributed by atoms with Gasteiger partial charge in [-0.2, -0.15) is 5.10 Å². The monoisotopic (exact) mass is 465 g/mol. The van der Waals surface area contributed by atoms with Crippen LogP contribution >= 0.6 is 15.9 Å². The maximum atomic E-state index is 12.1. The van der Waals surface area contributed by atoms with Crippen molar-refractivity contribution in [3.05, 3.63) is 94.0 Å². The molecular formula is C23H20BrN3O3. The van der Waals surface area contributed by atoms with Crippen LogP contribution in [0.2, 0.25) is 0 Å². The molecular weight excluding hydrogens is 446 g/mol. The summed E-state index contributed by atoms with van der Waals surface area (Å²) in [5, 5.41) is 6.46. The molecule has 3 aromatic carbocycles. The van der Waals surface area contributed by atoms with Gasteiger partial charge in [0, 0.05) is 15.7 Å². The highest BCUT2D eigenvalue weighted by Crippen LogP contribution is 2.23. The Bertz CT molecular complexity index is 1070. The number of hydrogen-bond donors (Lipinski definition) is 2. The number of benzene rings is 3. The first-order valence-electron chi connectivity index (χ1n) is 9.19. The van der Waals surface area contributed by atoms with Crippen LogP contribution in [0.5, 0.6) is 5.75 Å². The van der Waals surface area contributed by atoms with Gasteiger partial charge in [-0.1, -0.05) is 64.5 Å². The number of hydrazone groups is 1. The molecule has 0 aliphatic heterocycles. The topological polar surface area (TPSA) is 79.8 Å². The number of aryl methyl sites for hydroxylation is 1. The molecule has 0 spiro atoms. The van der Waals surface area contributed by atoms with E-state index in [0.29, 0.717) is 23.6 Å². The number of nitrogens with zero attached hydrogens (tertiary/aromatic N) is 1. The highest BCUT2D eigenvalue weighted by Gasteiger charge is 2.13. The third kappa shape index (κ3) is 6.02. The van der Waals surface area contributed by atoms with Crippen LogP contribution < -0.4 is 15.5 Å². The zero-order valence-corrected chi connectivity index (χ0v) is 17.8. The van der Waals surface area contributed by atoms with E-state index in [1.165, 1.54) is 6.21 Å². The molecule has 7 heteroatoms. The molecule has 0 radical (unpaired) electrons. The molecule has 0 aliphatic rings. The van der Waals surface area contributed by atoms with Crippen molar-refractivity contribution in [2.45, 2.75) is 13.5 Å². The fourth-order valence-corrected chi connectivity index (χ4v) is 2.97. The minimum Gasteiger partial charge on any atom is -0.488 e. The van der Waals surface area contributed by atoms with E-state index in [4.69, 9.17) is 4.74 Å². The van der Waals surface area contributed by atoms with Gasteiger partial charge in [-0.15, -0.1) is 0 Å². The molecule has 0 atom stereocenters. The van der Waals surface area contributed by atoms with Crippen molar-refractivity contribution in [1.29, 1.82) is 0 Å². The van der Waals surface area contributed by atoms with E-state index in [2.05, 4.69) is 31.8 Å². The quantitative estimate of drug-likeness (QED) is 0.321. The number of para-hydroxylation sites is 1. The SMILES string of the molecule is Cc1ccccc1NC(=O)C(=O)N/N=C\c1cc(Br)ccc1OCc1ccccc1. The normalized spacial score (nSPS) is 10.6. The molecule has 3 aromatic rings. The Morgan fingerprint density at radius 3 is 2.50 bits per heavy atom. The minimum atomic E-state index is -0.865. The lowest BCUT2D eigenvalue weighted by Gasteiger charge is -2.10. The Kier molecular flexibility index (Phi) is 7.34. The molecule has 3 rings (SSSR count). The molecule has 0 aliphatic carbocycles. The molecule has 2 N–H and O–H groups in total. The Hall–Kier alpha value is -3.45. The summed E-state index contributed by atoms with van der Waals surface area (Å²) in [5.74, 6) is -1.06. The molecule has 0 bridgehead atoms. The number of amides is 2. The first-order valence-corrected chi connectivity index (χ1v) is 9.98. The van der Waals surface area contributed by atoms with Gasteiger partial charge in [0.25, 0.3) is 0 Å². The number of halogens is 1. The van der Waals surface area contributed by atoms with E-state index < -0.39 is 11.8 Å². The molecule has 2 amide bonds. The van der Waals surface area contributed by atoms with Gasteiger partial charge in [-0.25, -0.2) is 5.43 Å². The van der Waals surface area contributed by atoms with Gasteiger partial charge in [0.1, 0.15) is 12.4 Å². The lowest BCUT2D eigenvalue weighted by Crippen LogP contribution is -2.32. The molecule has 0 heterocycles. The van der Waals surface area contributed by atoms with Crippen LogP contribution in [-0.2, 0) is 16.2 Å². The van der Waals surface area contributed by atoms with Crippen LogP contribution in [0.15, 0.2) is 82.4 Å². The summed E-state index contributed by atoms with van der Waals surface area (Å²) in [4.78, 5) is 24.1. The number of hydrogen-bond acceptors (Lipinski definition) is 4. The predicted molar refractivity (Wildman–Crippen MR) is 120 cm³/mol. The second-order valence-corrected chi connectivity index (χ2v) is 7.34. The smallest absolute Gasteiger partial charge is 0.329 e. The Morgan fingerprint density at radius 2 is 1.73 bits per heavy atom. The number of rotatable bonds is 6. The standard InChI is InChI=1S/C23H20BrN3O3/c1-16-7-5-6-10-20(16)26-22(28)23(29)27-25-14-18-13-19(24)11-12-21(18)30-15-17-8-3-2-4-9-17/h2-14H,15H2,1H3,(H,26,28)(H,27,29)/b25-14-. The largest absolute Gasteiger partial charge is 0.488 e. The summed E-state index contributed by atoms with van der Waals surface area (Å²) >= 11 is 3.41. The van der Waals surface area contributed by atoms with Gasteiger partial charge in [0.15, 0.2) is 0 Å². The van der Waals surface area contributed by atoms with Crippen molar-refractivity contribution in [2.24, 2.45) is 5.10 Å². The number of carbonyl (C=O) groups excluding carboxylic acids is 2. The summed E-state index contributed by atoms with van der Waals surface area (Å²) in [6, 6.07) is 22.4. The lowest BCUT2D eigenvalue weighted by atomic mass is 10.2. The van der Waals surface area contributed by atoms with Crippen molar-refractivity contribution >= 4 is 39.6 Å². The molecule has 0 fully saturated rings. The number of anilines is 1. The van der Waals surface area contributed by atoms with Crippen molar-refractivity contribution in [3.63, 3.8) is 0 Å². The first kappa shape index (κ1) is 21.3. The predicted octanol–water partition coefficient (Wildman–Crippen LogP) is 4.43. The van der Waals surface area contributed by atoms with Crippen molar-refractivity contribution in [3.8, 4) is 5.75 Å². The van der Waals surface area contributed by atoms with Crippen LogP contribution in [0.4, 0.5) is 5.69 Å². The third-order valence-corrected chi connectivity index (χ3v) is 4.67. The van der Waals surface area contributed by atoms with Crippen LogP contribution in [0.25, 0.3) is 0 Å². The van der Waals surface area contributed by atoms with E-state index in [0.717, 1.165) is 15.6 Å². The van der Waals surface area contributed by atoms with E-state index in [9.17, 15) is 9.59 Å². The van der Waals surface area contributed by atoms with Crippen LogP contribution in [0.3, 0.4) is 0 Å². The van der Waals surface area contributed by atoms with Gasteiger partial charge in [-0.05, 0) is 42.3 Å². The van der Waals surface area contributed by atoms with Gasteiger partial charge in [0.05, 0.1) is 6.21 Å². The number of carbonyl (C=O) groups is 2. The Morgan fingerprint density at radius 1 is 1.00 bits per heavy atom. The lowest BCUT2D eigenvalue weighted by molar-refractivity contribution is -0.136. The van der Waals surface area contributed by atoms with E-state index in [1.54, 1.807) is 18.2 Å². The summed E-state index contributed by atoms with van der Waals surface area (Å²) in [5.41, 5.74) is 5.36. The van der Waals surface area contributed by atoms with Gasteiger partial charge in [-0.3, -0.25) is 9.59 Å². The molecule has 0 saturated carbocycles. The van der Waals surface area contributed by atoms with E-state index >= 15 is 0 Å². The fourth-order valence-electron chi connectivity index (χ4n) is 2.59.